The molecule has 0 atom stereocenters. The molecule has 4 rings (SSSR count). The zero-order chi connectivity index (χ0) is 21.1. The topological polar surface area (TPSA) is 75.4 Å². The Kier molecular flexibility index (Phi) is 6.99. The number of amides is 2. The van der Waals surface area contributed by atoms with Crippen LogP contribution in [0, 0.1) is 11.8 Å². The number of nitrogens with two attached hydrogens (primary N) is 1. The van der Waals surface area contributed by atoms with Crippen LogP contribution in [0.1, 0.15) is 76.2 Å². The van der Waals surface area contributed by atoms with Crippen molar-refractivity contribution in [2.45, 2.75) is 89.3 Å². The highest BCUT2D eigenvalue weighted by molar-refractivity contribution is 6.31. The van der Waals surface area contributed by atoms with Crippen molar-refractivity contribution in [2.24, 2.45) is 17.6 Å². The summed E-state index contributed by atoms with van der Waals surface area (Å²) in [6, 6.07) is 6.13. The Morgan fingerprint density at radius 3 is 2.33 bits per heavy atom. The summed E-state index contributed by atoms with van der Waals surface area (Å²) in [6.07, 6.45) is 11.3. The van der Waals surface area contributed by atoms with Gasteiger partial charge in [0.05, 0.1) is 0 Å². The lowest BCUT2D eigenvalue weighted by molar-refractivity contribution is -0.136. The molecule has 3 fully saturated rings. The molecule has 0 aromatic heterocycles. The summed E-state index contributed by atoms with van der Waals surface area (Å²) < 4.78 is 0. The van der Waals surface area contributed by atoms with Crippen LogP contribution in [-0.4, -0.2) is 28.8 Å². The van der Waals surface area contributed by atoms with Crippen molar-refractivity contribution in [1.29, 1.82) is 0 Å². The van der Waals surface area contributed by atoms with Crippen LogP contribution in [-0.2, 0) is 16.1 Å². The molecule has 164 valence electrons. The fourth-order valence-electron chi connectivity index (χ4n) is 4.93. The first-order valence-corrected chi connectivity index (χ1v) is 12.0. The van der Waals surface area contributed by atoms with Crippen LogP contribution in [0.4, 0.5) is 5.69 Å². The molecular formula is C24H34ClN3O2. The summed E-state index contributed by atoms with van der Waals surface area (Å²) in [7, 11) is 0. The molecule has 0 radical (unpaired) electrons. The van der Waals surface area contributed by atoms with E-state index in [1.165, 1.54) is 6.42 Å². The lowest BCUT2D eigenvalue weighted by atomic mass is 9.88. The van der Waals surface area contributed by atoms with Crippen LogP contribution >= 0.6 is 11.6 Å². The van der Waals surface area contributed by atoms with Crippen molar-refractivity contribution < 1.29 is 9.59 Å². The van der Waals surface area contributed by atoms with E-state index in [0.717, 1.165) is 75.5 Å². The number of anilines is 1. The average molecular weight is 432 g/mol. The van der Waals surface area contributed by atoms with Gasteiger partial charge in [0.1, 0.15) is 0 Å². The summed E-state index contributed by atoms with van der Waals surface area (Å²) in [4.78, 5) is 27.7. The van der Waals surface area contributed by atoms with Gasteiger partial charge < -0.3 is 16.0 Å². The molecule has 3 N–H and O–H groups in total. The van der Waals surface area contributed by atoms with Gasteiger partial charge in [0.2, 0.25) is 11.8 Å². The Labute approximate surface area is 184 Å². The fraction of sp³-hybridized carbons (Fsp3) is 0.667. The van der Waals surface area contributed by atoms with Crippen molar-refractivity contribution in [3.05, 3.63) is 28.8 Å². The Bertz CT molecular complexity index is 766. The van der Waals surface area contributed by atoms with E-state index in [-0.39, 0.29) is 35.7 Å². The lowest BCUT2D eigenvalue weighted by Gasteiger charge is -2.36. The third kappa shape index (κ3) is 5.36. The number of hydrogen-bond acceptors (Lipinski definition) is 3. The molecule has 3 saturated carbocycles. The van der Waals surface area contributed by atoms with E-state index in [1.807, 2.05) is 23.1 Å². The van der Waals surface area contributed by atoms with E-state index in [4.69, 9.17) is 17.3 Å². The smallest absolute Gasteiger partial charge is 0.227 e. The van der Waals surface area contributed by atoms with E-state index in [1.54, 1.807) is 0 Å². The maximum absolute atomic E-state index is 13.1. The summed E-state index contributed by atoms with van der Waals surface area (Å²) in [6.45, 7) is 0.501. The molecule has 0 spiro atoms. The van der Waals surface area contributed by atoms with E-state index in [9.17, 15) is 9.59 Å². The van der Waals surface area contributed by atoms with Crippen molar-refractivity contribution in [3.63, 3.8) is 0 Å². The number of carbonyl (C=O) groups excluding carboxylic acids is 2. The molecule has 2 amide bonds. The predicted molar refractivity (Wildman–Crippen MR) is 120 cm³/mol. The highest BCUT2D eigenvalue weighted by Crippen LogP contribution is 2.35. The molecule has 0 saturated heterocycles. The highest BCUT2D eigenvalue weighted by atomic mass is 35.5. The van der Waals surface area contributed by atoms with Crippen LogP contribution in [0.15, 0.2) is 18.2 Å². The Balaban J connectivity index is 1.47. The molecule has 1 aromatic carbocycles. The molecule has 1 aromatic rings. The maximum Gasteiger partial charge on any atom is 0.227 e. The summed E-state index contributed by atoms with van der Waals surface area (Å²) >= 11 is 6.52. The molecular weight excluding hydrogens is 398 g/mol. The number of carbonyl (C=O) groups is 2. The van der Waals surface area contributed by atoms with Gasteiger partial charge >= 0.3 is 0 Å². The zero-order valence-electron chi connectivity index (χ0n) is 17.7. The molecule has 0 bridgehead atoms. The number of rotatable bonds is 6. The second-order valence-electron chi connectivity index (χ2n) is 9.44. The van der Waals surface area contributed by atoms with Gasteiger partial charge in [-0.2, -0.15) is 0 Å². The minimum atomic E-state index is 0.107. The number of nitrogens with zero attached hydrogens (tertiary/aromatic N) is 1. The molecule has 0 heterocycles. The number of halogens is 1. The van der Waals surface area contributed by atoms with Gasteiger partial charge in [-0.25, -0.2) is 0 Å². The SMILES string of the molecule is NC1CCC(N(Cc2cc(NC(=O)C3CCCCC3)ccc2Cl)C(=O)C2CC2)CC1. The summed E-state index contributed by atoms with van der Waals surface area (Å²) in [5.41, 5.74) is 7.76. The molecule has 6 heteroatoms. The van der Waals surface area contributed by atoms with Gasteiger partial charge in [0.15, 0.2) is 0 Å². The number of benzene rings is 1. The first kappa shape index (κ1) is 21.6. The Morgan fingerprint density at radius 2 is 1.67 bits per heavy atom. The maximum atomic E-state index is 13.1. The highest BCUT2D eigenvalue weighted by Gasteiger charge is 2.37. The van der Waals surface area contributed by atoms with Crippen molar-refractivity contribution in [3.8, 4) is 0 Å². The van der Waals surface area contributed by atoms with E-state index < -0.39 is 0 Å². The van der Waals surface area contributed by atoms with Gasteiger partial charge in [-0.3, -0.25) is 9.59 Å². The second kappa shape index (κ2) is 9.69. The largest absolute Gasteiger partial charge is 0.335 e. The first-order chi connectivity index (χ1) is 14.5. The monoisotopic (exact) mass is 431 g/mol. The van der Waals surface area contributed by atoms with E-state index in [0.29, 0.717) is 11.6 Å². The van der Waals surface area contributed by atoms with Crippen LogP contribution < -0.4 is 11.1 Å². The molecule has 3 aliphatic rings. The standard InChI is InChI=1S/C24H34ClN3O2/c25-22-13-10-20(27-23(29)16-4-2-1-3-5-16)14-18(22)15-28(24(30)17-6-7-17)21-11-8-19(26)9-12-21/h10,13-14,16-17,19,21H,1-9,11-12,15,26H2,(H,27,29). The van der Waals surface area contributed by atoms with Gasteiger partial charge in [-0.15, -0.1) is 0 Å². The molecule has 30 heavy (non-hydrogen) atoms. The quantitative estimate of drug-likeness (QED) is 0.674. The van der Waals surface area contributed by atoms with Crippen molar-refractivity contribution in [2.75, 3.05) is 5.32 Å². The van der Waals surface area contributed by atoms with Crippen LogP contribution in [0.25, 0.3) is 0 Å². The third-order valence-electron chi connectivity index (χ3n) is 7.02. The third-order valence-corrected chi connectivity index (χ3v) is 7.39. The van der Waals surface area contributed by atoms with Crippen LogP contribution in [0.3, 0.4) is 0 Å². The summed E-state index contributed by atoms with van der Waals surface area (Å²) in [5, 5.41) is 3.73. The van der Waals surface area contributed by atoms with Crippen molar-refractivity contribution in [1.82, 2.24) is 4.90 Å². The van der Waals surface area contributed by atoms with Gasteiger partial charge in [-0.1, -0.05) is 30.9 Å². The minimum Gasteiger partial charge on any atom is -0.335 e. The molecule has 0 aliphatic heterocycles. The Morgan fingerprint density at radius 1 is 0.967 bits per heavy atom. The van der Waals surface area contributed by atoms with Crippen LogP contribution in [0.5, 0.6) is 0 Å². The normalized spacial score (nSPS) is 25.0. The Hall–Kier alpha value is -1.59. The van der Waals surface area contributed by atoms with E-state index >= 15 is 0 Å². The van der Waals surface area contributed by atoms with Gasteiger partial charge in [0, 0.05) is 41.2 Å². The first-order valence-electron chi connectivity index (χ1n) is 11.7. The number of hydrogen-bond donors (Lipinski definition) is 2. The fourth-order valence-corrected chi connectivity index (χ4v) is 5.11. The lowest BCUT2D eigenvalue weighted by Crippen LogP contribution is -2.44. The van der Waals surface area contributed by atoms with E-state index in [2.05, 4.69) is 5.32 Å². The van der Waals surface area contributed by atoms with Crippen molar-refractivity contribution >= 4 is 29.1 Å². The second-order valence-corrected chi connectivity index (χ2v) is 9.85. The summed E-state index contributed by atoms with van der Waals surface area (Å²) in [5.74, 6) is 0.643. The molecule has 0 unspecified atom stereocenters. The van der Waals surface area contributed by atoms with Crippen LogP contribution in [0.2, 0.25) is 5.02 Å². The minimum absolute atomic E-state index is 0.107. The number of nitrogens with one attached hydrogen (secondary N) is 1. The van der Waals surface area contributed by atoms with Gasteiger partial charge in [0.25, 0.3) is 0 Å². The average Bonchev–Trinajstić information content (AvgIpc) is 3.60. The zero-order valence-corrected chi connectivity index (χ0v) is 18.5. The predicted octanol–water partition coefficient (Wildman–Crippen LogP) is 4.87. The van der Waals surface area contributed by atoms with Gasteiger partial charge in [-0.05, 0) is 75.1 Å². The molecule has 5 nitrogen and oxygen atoms in total. The molecule has 3 aliphatic carbocycles.